The highest BCUT2D eigenvalue weighted by atomic mass is 79.9. The van der Waals surface area contributed by atoms with Gasteiger partial charge < -0.3 is 4.57 Å². The van der Waals surface area contributed by atoms with E-state index in [4.69, 9.17) is 23.2 Å². The van der Waals surface area contributed by atoms with Crippen LogP contribution in [-0.2, 0) is 23.0 Å². The molecule has 6 nitrogen and oxygen atoms in total. The summed E-state index contributed by atoms with van der Waals surface area (Å²) in [4.78, 5) is 17.6. The molecular formula is C23H20BrCl2N3O3S2. The number of aryl methyl sites for hydroxylation is 1. The molecule has 4 aromatic rings. The Morgan fingerprint density at radius 1 is 1.18 bits per heavy atom. The van der Waals surface area contributed by atoms with E-state index in [1.54, 1.807) is 28.0 Å². The number of amides is 1. The van der Waals surface area contributed by atoms with Crippen LogP contribution in [0, 0.1) is 0 Å². The van der Waals surface area contributed by atoms with Crippen molar-refractivity contribution in [2.75, 3.05) is 0 Å². The molecule has 11 heteroatoms. The molecule has 0 saturated carbocycles. The van der Waals surface area contributed by atoms with Gasteiger partial charge in [-0.25, -0.2) is 18.1 Å². The first-order chi connectivity index (χ1) is 16.2. The number of carbonyl (C=O) groups is 1. The van der Waals surface area contributed by atoms with Crippen molar-refractivity contribution in [3.63, 3.8) is 0 Å². The number of halogens is 3. The molecule has 2 aromatic carbocycles. The van der Waals surface area contributed by atoms with E-state index in [0.717, 1.165) is 33.0 Å². The van der Waals surface area contributed by atoms with E-state index in [2.05, 4.69) is 32.6 Å². The highest BCUT2D eigenvalue weighted by Gasteiger charge is 2.27. The maximum absolute atomic E-state index is 13.2. The predicted octanol–water partition coefficient (Wildman–Crippen LogP) is 6.68. The normalized spacial score (nSPS) is 11.8. The van der Waals surface area contributed by atoms with E-state index in [-0.39, 0.29) is 22.3 Å². The Bertz CT molecular complexity index is 1460. The number of nitrogens with one attached hydrogen (secondary N) is 1. The Labute approximate surface area is 220 Å². The number of hydrogen-bond acceptors (Lipinski definition) is 5. The Morgan fingerprint density at radius 3 is 2.62 bits per heavy atom. The van der Waals surface area contributed by atoms with Gasteiger partial charge in [-0.15, -0.1) is 11.3 Å². The molecule has 0 saturated heterocycles. The molecular weight excluding hydrogens is 581 g/mol. The van der Waals surface area contributed by atoms with Gasteiger partial charge in [0.25, 0.3) is 15.9 Å². The summed E-state index contributed by atoms with van der Waals surface area (Å²) in [6, 6.07) is 11.7. The number of sulfonamides is 1. The zero-order valence-electron chi connectivity index (χ0n) is 18.0. The third-order valence-corrected chi connectivity index (χ3v) is 8.73. The molecule has 2 heterocycles. The molecule has 0 atom stereocenters. The van der Waals surface area contributed by atoms with Gasteiger partial charge in [-0.1, -0.05) is 58.5 Å². The number of carbonyl (C=O) groups excluding carboxylic acids is 1. The van der Waals surface area contributed by atoms with Gasteiger partial charge in [0, 0.05) is 26.0 Å². The molecule has 1 amide bonds. The molecule has 0 spiro atoms. The summed E-state index contributed by atoms with van der Waals surface area (Å²) in [5, 5.41) is 3.45. The highest BCUT2D eigenvalue weighted by molar-refractivity contribution is 9.10. The van der Waals surface area contributed by atoms with Crippen LogP contribution in [0.15, 0.2) is 57.2 Å². The minimum atomic E-state index is -4.11. The fraction of sp³-hybridized carbons (Fsp3) is 0.217. The molecule has 0 aliphatic carbocycles. The van der Waals surface area contributed by atoms with Crippen LogP contribution in [0.25, 0.3) is 10.1 Å². The van der Waals surface area contributed by atoms with Gasteiger partial charge in [-0.3, -0.25) is 4.79 Å². The van der Waals surface area contributed by atoms with Crippen LogP contribution in [0.3, 0.4) is 0 Å². The van der Waals surface area contributed by atoms with E-state index in [0.29, 0.717) is 17.3 Å². The van der Waals surface area contributed by atoms with Gasteiger partial charge in [-0.2, -0.15) is 0 Å². The van der Waals surface area contributed by atoms with Gasteiger partial charge in [0.2, 0.25) is 0 Å². The largest absolute Gasteiger partial charge is 0.318 e. The van der Waals surface area contributed by atoms with Crippen LogP contribution >= 0.6 is 50.5 Å². The number of benzene rings is 2. The number of nitrogens with zero attached hydrogens (tertiary/aromatic N) is 2. The van der Waals surface area contributed by atoms with Crippen molar-refractivity contribution >= 4 is 76.5 Å². The maximum atomic E-state index is 13.2. The van der Waals surface area contributed by atoms with Crippen LogP contribution < -0.4 is 4.72 Å². The average molecular weight is 601 g/mol. The van der Waals surface area contributed by atoms with Crippen molar-refractivity contribution < 1.29 is 13.2 Å². The van der Waals surface area contributed by atoms with Crippen LogP contribution in [0.2, 0.25) is 10.2 Å². The third kappa shape index (κ3) is 5.18. The number of fused-ring (bicyclic) bond motifs is 1. The predicted molar refractivity (Wildman–Crippen MR) is 141 cm³/mol. The molecule has 4 rings (SSSR count). The first-order valence-electron chi connectivity index (χ1n) is 10.4. The van der Waals surface area contributed by atoms with Crippen LogP contribution in [0.5, 0.6) is 0 Å². The molecule has 2 aromatic heterocycles. The Balaban J connectivity index is 1.74. The van der Waals surface area contributed by atoms with Gasteiger partial charge >= 0.3 is 0 Å². The molecule has 0 unspecified atom stereocenters. The number of rotatable bonds is 8. The molecule has 178 valence electrons. The van der Waals surface area contributed by atoms with Crippen molar-refractivity contribution in [2.45, 2.75) is 37.6 Å². The van der Waals surface area contributed by atoms with Crippen molar-refractivity contribution in [2.24, 2.45) is 0 Å². The Morgan fingerprint density at radius 2 is 1.91 bits per heavy atom. The minimum absolute atomic E-state index is 0.000130. The SMILES string of the molecule is CCCCc1nc(Cl)c(C(=O)NS(=O)(=O)c2ccc(Br)cc2)n1Cc1csc2cccc(Cl)c12. The molecule has 1 N–H and O–H groups in total. The first kappa shape index (κ1) is 25.2. The topological polar surface area (TPSA) is 81.1 Å². The smallest absolute Gasteiger partial charge is 0.284 e. The fourth-order valence-corrected chi connectivity index (χ4v) is 6.45. The van der Waals surface area contributed by atoms with Crippen molar-refractivity contribution in [1.82, 2.24) is 14.3 Å². The van der Waals surface area contributed by atoms with Crippen LogP contribution in [0.4, 0.5) is 0 Å². The zero-order valence-corrected chi connectivity index (χ0v) is 22.7. The summed E-state index contributed by atoms with van der Waals surface area (Å²) in [6.45, 7) is 2.34. The lowest BCUT2D eigenvalue weighted by molar-refractivity contribution is 0.0972. The lowest BCUT2D eigenvalue weighted by Crippen LogP contribution is -2.32. The maximum Gasteiger partial charge on any atom is 0.284 e. The summed E-state index contributed by atoms with van der Waals surface area (Å²) in [6.07, 6.45) is 2.37. The Kier molecular flexibility index (Phi) is 7.69. The summed E-state index contributed by atoms with van der Waals surface area (Å²) >= 11 is 17.7. The lowest BCUT2D eigenvalue weighted by Gasteiger charge is -2.13. The number of aromatic nitrogens is 2. The van der Waals surface area contributed by atoms with Crippen LogP contribution in [-0.4, -0.2) is 23.9 Å². The highest BCUT2D eigenvalue weighted by Crippen LogP contribution is 2.33. The summed E-state index contributed by atoms with van der Waals surface area (Å²) in [5.74, 6) is -0.224. The molecule has 0 aliphatic heterocycles. The van der Waals surface area contributed by atoms with Gasteiger partial charge in [0.05, 0.1) is 11.4 Å². The fourth-order valence-electron chi connectivity index (χ4n) is 3.62. The molecule has 0 fully saturated rings. The second-order valence-electron chi connectivity index (χ2n) is 7.62. The van der Waals surface area contributed by atoms with Crippen molar-refractivity contribution in [3.8, 4) is 0 Å². The van der Waals surface area contributed by atoms with Gasteiger partial charge in [0.1, 0.15) is 11.5 Å². The van der Waals surface area contributed by atoms with Crippen molar-refractivity contribution in [3.05, 3.63) is 79.6 Å². The standard InChI is InChI=1S/C23H20BrCl2N3O3S2/c1-2-3-7-19-27-22(26)21(23(30)28-34(31,32)16-10-8-15(24)9-11-16)29(19)12-14-13-33-18-6-4-5-17(25)20(14)18/h4-6,8-11,13H,2-3,7,12H2,1H3,(H,28,30). The first-order valence-corrected chi connectivity index (χ1v) is 14.3. The van der Waals surface area contributed by atoms with Crippen LogP contribution in [0.1, 0.15) is 41.6 Å². The second-order valence-corrected chi connectivity index (χ2v) is 11.9. The average Bonchev–Trinajstić information content (AvgIpc) is 3.34. The number of unbranched alkanes of at least 4 members (excludes halogenated alkanes) is 1. The van der Waals surface area contributed by atoms with E-state index < -0.39 is 15.9 Å². The summed E-state index contributed by atoms with van der Waals surface area (Å²) in [5.41, 5.74) is 0.905. The third-order valence-electron chi connectivity index (χ3n) is 5.28. The second kappa shape index (κ2) is 10.4. The zero-order chi connectivity index (χ0) is 24.5. The van der Waals surface area contributed by atoms with E-state index >= 15 is 0 Å². The summed E-state index contributed by atoms with van der Waals surface area (Å²) in [7, 11) is -4.11. The minimum Gasteiger partial charge on any atom is -0.318 e. The molecule has 0 bridgehead atoms. The van der Waals surface area contributed by atoms with Gasteiger partial charge in [-0.05, 0) is 53.8 Å². The quantitative estimate of drug-likeness (QED) is 0.245. The number of thiophene rings is 1. The van der Waals surface area contributed by atoms with Gasteiger partial charge in [0.15, 0.2) is 5.15 Å². The van der Waals surface area contributed by atoms with E-state index in [9.17, 15) is 13.2 Å². The number of imidazole rings is 1. The molecule has 0 aliphatic rings. The molecule has 0 radical (unpaired) electrons. The summed E-state index contributed by atoms with van der Waals surface area (Å²) < 4.78 is 31.2. The molecule has 34 heavy (non-hydrogen) atoms. The number of hydrogen-bond donors (Lipinski definition) is 1. The monoisotopic (exact) mass is 599 g/mol. The Hall–Kier alpha value is -1.91. The lowest BCUT2D eigenvalue weighted by atomic mass is 10.1. The van der Waals surface area contributed by atoms with E-state index in [1.165, 1.54) is 12.1 Å². The van der Waals surface area contributed by atoms with Crippen molar-refractivity contribution in [1.29, 1.82) is 0 Å². The van der Waals surface area contributed by atoms with E-state index in [1.807, 2.05) is 23.6 Å².